The summed E-state index contributed by atoms with van der Waals surface area (Å²) in [6.07, 6.45) is 6.88. The number of carbonyl (C=O) groups excluding carboxylic acids is 2. The van der Waals surface area contributed by atoms with E-state index in [1.54, 1.807) is 4.90 Å². The molecule has 1 heterocycles. The molecule has 2 fully saturated rings. The third-order valence-corrected chi connectivity index (χ3v) is 4.39. The van der Waals surface area contributed by atoms with Crippen molar-refractivity contribution in [2.24, 2.45) is 0 Å². The van der Waals surface area contributed by atoms with E-state index in [-0.39, 0.29) is 24.5 Å². The van der Waals surface area contributed by atoms with Crippen molar-refractivity contribution < 1.29 is 14.3 Å². The van der Waals surface area contributed by atoms with Crippen molar-refractivity contribution in [3.8, 4) is 0 Å². The van der Waals surface area contributed by atoms with Gasteiger partial charge in [0, 0.05) is 13.2 Å². The van der Waals surface area contributed by atoms with Crippen LogP contribution in [-0.2, 0) is 14.3 Å². The topological polar surface area (TPSA) is 58.6 Å². The molecular formula is C16H28N2O3. The fraction of sp³-hybridized carbons (Fsp3) is 0.875. The summed E-state index contributed by atoms with van der Waals surface area (Å²) >= 11 is 0. The van der Waals surface area contributed by atoms with E-state index in [2.05, 4.69) is 5.32 Å². The van der Waals surface area contributed by atoms with Gasteiger partial charge in [-0.15, -0.1) is 0 Å². The standard InChI is InChI=1S/C16H28N2O3/c1-13(2)21-11-7-6-10-18-12-14(19)17-16(15(18)20)8-4-3-5-9-16/h13H,3-12H2,1-2H3,(H,17,19). The predicted molar refractivity (Wildman–Crippen MR) is 80.9 cm³/mol. The van der Waals surface area contributed by atoms with E-state index < -0.39 is 5.54 Å². The Morgan fingerprint density at radius 2 is 1.90 bits per heavy atom. The molecule has 2 rings (SSSR count). The molecule has 0 aromatic carbocycles. The maximum absolute atomic E-state index is 12.7. The summed E-state index contributed by atoms with van der Waals surface area (Å²) in [5, 5.41) is 2.97. The van der Waals surface area contributed by atoms with E-state index in [9.17, 15) is 9.59 Å². The molecule has 0 unspecified atom stereocenters. The van der Waals surface area contributed by atoms with E-state index in [0.29, 0.717) is 6.54 Å². The van der Waals surface area contributed by atoms with Crippen LogP contribution < -0.4 is 5.32 Å². The highest BCUT2D eigenvalue weighted by molar-refractivity contribution is 5.98. The van der Waals surface area contributed by atoms with Crippen molar-refractivity contribution in [1.29, 1.82) is 0 Å². The Balaban J connectivity index is 1.84. The second-order valence-electron chi connectivity index (χ2n) is 6.54. The zero-order valence-electron chi connectivity index (χ0n) is 13.3. The Morgan fingerprint density at radius 1 is 1.19 bits per heavy atom. The Hall–Kier alpha value is -1.10. The van der Waals surface area contributed by atoms with Crippen molar-refractivity contribution in [2.75, 3.05) is 19.7 Å². The zero-order chi connectivity index (χ0) is 15.3. The first-order chi connectivity index (χ1) is 10.0. The van der Waals surface area contributed by atoms with Gasteiger partial charge in [-0.2, -0.15) is 0 Å². The van der Waals surface area contributed by atoms with E-state index in [1.165, 1.54) is 0 Å². The van der Waals surface area contributed by atoms with Crippen LogP contribution in [0.15, 0.2) is 0 Å². The fourth-order valence-electron chi connectivity index (χ4n) is 3.31. The number of carbonyl (C=O) groups is 2. The van der Waals surface area contributed by atoms with Crippen LogP contribution in [0.1, 0.15) is 58.8 Å². The molecule has 1 N–H and O–H groups in total. The lowest BCUT2D eigenvalue weighted by molar-refractivity contribution is -0.151. The van der Waals surface area contributed by atoms with Crippen LogP contribution >= 0.6 is 0 Å². The second kappa shape index (κ2) is 7.25. The molecule has 21 heavy (non-hydrogen) atoms. The first kappa shape index (κ1) is 16.3. The summed E-state index contributed by atoms with van der Waals surface area (Å²) in [6, 6.07) is 0. The third-order valence-electron chi connectivity index (χ3n) is 4.39. The molecule has 1 aliphatic heterocycles. The van der Waals surface area contributed by atoms with Crippen molar-refractivity contribution in [1.82, 2.24) is 10.2 Å². The van der Waals surface area contributed by atoms with Gasteiger partial charge >= 0.3 is 0 Å². The molecule has 2 aliphatic rings. The molecule has 1 saturated carbocycles. The van der Waals surface area contributed by atoms with Gasteiger partial charge in [0.25, 0.3) is 0 Å². The molecule has 0 bridgehead atoms. The van der Waals surface area contributed by atoms with Gasteiger partial charge in [0.1, 0.15) is 5.54 Å². The Labute approximate surface area is 127 Å². The largest absolute Gasteiger partial charge is 0.379 e. The highest BCUT2D eigenvalue weighted by Crippen LogP contribution is 2.31. The van der Waals surface area contributed by atoms with Crippen LogP contribution in [0, 0.1) is 0 Å². The second-order valence-corrected chi connectivity index (χ2v) is 6.54. The summed E-state index contributed by atoms with van der Waals surface area (Å²) in [4.78, 5) is 26.4. The lowest BCUT2D eigenvalue weighted by Crippen LogP contribution is -2.67. The number of piperazine rings is 1. The summed E-state index contributed by atoms with van der Waals surface area (Å²) in [5.74, 6) is 0.126. The Bertz CT molecular complexity index is 376. The summed E-state index contributed by atoms with van der Waals surface area (Å²) in [5.41, 5.74) is -0.595. The van der Waals surface area contributed by atoms with Gasteiger partial charge in [-0.3, -0.25) is 9.59 Å². The first-order valence-electron chi connectivity index (χ1n) is 8.25. The third kappa shape index (κ3) is 4.19. The Morgan fingerprint density at radius 3 is 2.57 bits per heavy atom. The van der Waals surface area contributed by atoms with E-state index in [1.807, 2.05) is 13.8 Å². The van der Waals surface area contributed by atoms with Gasteiger partial charge in [-0.05, 0) is 39.5 Å². The van der Waals surface area contributed by atoms with Crippen LogP contribution in [0.4, 0.5) is 0 Å². The minimum atomic E-state index is -0.595. The van der Waals surface area contributed by atoms with Gasteiger partial charge in [0.05, 0.1) is 12.6 Å². The molecule has 0 aromatic heterocycles. The molecule has 0 aromatic rings. The lowest BCUT2D eigenvalue weighted by atomic mass is 9.79. The molecule has 1 saturated heterocycles. The van der Waals surface area contributed by atoms with Crippen molar-refractivity contribution in [3.05, 3.63) is 0 Å². The maximum Gasteiger partial charge on any atom is 0.248 e. The van der Waals surface area contributed by atoms with Gasteiger partial charge in [-0.25, -0.2) is 0 Å². The predicted octanol–water partition coefficient (Wildman–Crippen LogP) is 1.85. The fourth-order valence-corrected chi connectivity index (χ4v) is 3.31. The number of amides is 2. The monoisotopic (exact) mass is 296 g/mol. The molecule has 5 nitrogen and oxygen atoms in total. The quantitative estimate of drug-likeness (QED) is 0.761. The molecule has 5 heteroatoms. The summed E-state index contributed by atoms with van der Waals surface area (Å²) in [7, 11) is 0. The van der Waals surface area contributed by atoms with Gasteiger partial charge < -0.3 is 15.0 Å². The van der Waals surface area contributed by atoms with E-state index >= 15 is 0 Å². The van der Waals surface area contributed by atoms with Crippen molar-refractivity contribution in [3.63, 3.8) is 0 Å². The van der Waals surface area contributed by atoms with Crippen LogP contribution in [0.2, 0.25) is 0 Å². The number of ether oxygens (including phenoxy) is 1. The molecule has 120 valence electrons. The molecule has 0 atom stereocenters. The molecule has 1 aliphatic carbocycles. The van der Waals surface area contributed by atoms with Gasteiger partial charge in [0.2, 0.25) is 11.8 Å². The minimum Gasteiger partial charge on any atom is -0.379 e. The van der Waals surface area contributed by atoms with Crippen LogP contribution in [0.5, 0.6) is 0 Å². The highest BCUT2D eigenvalue weighted by Gasteiger charge is 2.46. The normalized spacial score (nSPS) is 22.0. The zero-order valence-corrected chi connectivity index (χ0v) is 13.3. The van der Waals surface area contributed by atoms with Gasteiger partial charge in [-0.1, -0.05) is 19.3 Å². The smallest absolute Gasteiger partial charge is 0.248 e. The molecule has 0 radical (unpaired) electrons. The van der Waals surface area contributed by atoms with Crippen LogP contribution in [-0.4, -0.2) is 48.1 Å². The average Bonchev–Trinajstić information content (AvgIpc) is 2.44. The molecule has 2 amide bonds. The molecular weight excluding hydrogens is 268 g/mol. The average molecular weight is 296 g/mol. The first-order valence-corrected chi connectivity index (χ1v) is 8.25. The highest BCUT2D eigenvalue weighted by atomic mass is 16.5. The van der Waals surface area contributed by atoms with E-state index in [4.69, 9.17) is 4.74 Å². The maximum atomic E-state index is 12.7. The Kier molecular flexibility index (Phi) is 5.62. The molecule has 1 spiro atoms. The minimum absolute atomic E-state index is 0.00469. The van der Waals surface area contributed by atoms with Crippen molar-refractivity contribution >= 4 is 11.8 Å². The lowest BCUT2D eigenvalue weighted by Gasteiger charge is -2.44. The number of rotatable bonds is 6. The van der Waals surface area contributed by atoms with Crippen LogP contribution in [0.3, 0.4) is 0 Å². The number of nitrogens with one attached hydrogen (secondary N) is 1. The van der Waals surface area contributed by atoms with E-state index in [0.717, 1.165) is 51.6 Å². The van der Waals surface area contributed by atoms with Gasteiger partial charge in [0.15, 0.2) is 0 Å². The number of nitrogens with zero attached hydrogens (tertiary/aromatic N) is 1. The van der Waals surface area contributed by atoms with Crippen molar-refractivity contribution in [2.45, 2.75) is 70.4 Å². The van der Waals surface area contributed by atoms with Crippen LogP contribution in [0.25, 0.3) is 0 Å². The summed E-state index contributed by atoms with van der Waals surface area (Å²) in [6.45, 7) is 5.63. The number of unbranched alkanes of at least 4 members (excludes halogenated alkanes) is 1. The summed E-state index contributed by atoms with van der Waals surface area (Å²) < 4.78 is 5.51. The SMILES string of the molecule is CC(C)OCCCCN1CC(=O)NC2(CCCCC2)C1=O. The number of hydrogen-bond acceptors (Lipinski definition) is 3. The number of hydrogen-bond donors (Lipinski definition) is 1.